The summed E-state index contributed by atoms with van der Waals surface area (Å²) in [6.07, 6.45) is 1.44. The van der Waals surface area contributed by atoms with Gasteiger partial charge in [0.15, 0.2) is 18.1 Å². The van der Waals surface area contributed by atoms with Crippen LogP contribution < -0.4 is 14.9 Å². The van der Waals surface area contributed by atoms with Gasteiger partial charge in [-0.3, -0.25) is 9.59 Å². The van der Waals surface area contributed by atoms with Gasteiger partial charge in [0.1, 0.15) is 18.1 Å². The summed E-state index contributed by atoms with van der Waals surface area (Å²) in [6, 6.07) is 18.5. The molecule has 1 aliphatic rings. The van der Waals surface area contributed by atoms with Crippen LogP contribution in [0.5, 0.6) is 11.5 Å². The van der Waals surface area contributed by atoms with Gasteiger partial charge in [-0.1, -0.05) is 11.6 Å². The van der Waals surface area contributed by atoms with E-state index < -0.39 is 5.91 Å². The van der Waals surface area contributed by atoms with Crippen LogP contribution in [0.3, 0.4) is 0 Å². The molecule has 0 bridgehead atoms. The number of hydrogen-bond donors (Lipinski definition) is 1. The molecule has 12 heteroatoms. The molecular weight excluding hydrogens is 640 g/mol. The van der Waals surface area contributed by atoms with E-state index in [1.54, 1.807) is 29.2 Å². The lowest BCUT2D eigenvalue weighted by Crippen LogP contribution is -2.43. The molecule has 0 radical (unpaired) electrons. The highest BCUT2D eigenvalue weighted by molar-refractivity contribution is 9.10. The van der Waals surface area contributed by atoms with Gasteiger partial charge < -0.3 is 28.1 Å². The SMILES string of the molecule is Cc1ccc(C)n1-c1ccc(OCc2ccc(C(=O)N/N=C/c3cc(Cl)c(OCC(=O)N4CCOCC4)c(Br)c3)o2)cc1. The van der Waals surface area contributed by atoms with E-state index in [-0.39, 0.29) is 29.9 Å². The Bertz CT molecular complexity index is 1580. The maximum Gasteiger partial charge on any atom is 0.307 e. The summed E-state index contributed by atoms with van der Waals surface area (Å²) in [5, 5.41) is 4.29. The smallest absolute Gasteiger partial charge is 0.307 e. The summed E-state index contributed by atoms with van der Waals surface area (Å²) in [6.45, 7) is 6.25. The van der Waals surface area contributed by atoms with E-state index in [0.717, 1.165) is 17.1 Å². The molecule has 4 aromatic rings. The van der Waals surface area contributed by atoms with Gasteiger partial charge in [-0.05, 0) is 96.0 Å². The fraction of sp³-hybridized carbons (Fsp3) is 0.258. The Labute approximate surface area is 262 Å². The van der Waals surface area contributed by atoms with E-state index in [1.165, 1.54) is 6.21 Å². The maximum atomic E-state index is 12.5. The molecule has 0 atom stereocenters. The van der Waals surface area contributed by atoms with Crippen LogP contribution in [0.2, 0.25) is 5.02 Å². The van der Waals surface area contributed by atoms with Crippen molar-refractivity contribution < 1.29 is 28.2 Å². The first-order valence-electron chi connectivity index (χ1n) is 13.6. The molecule has 1 saturated heterocycles. The highest BCUT2D eigenvalue weighted by atomic mass is 79.9. The zero-order valence-electron chi connectivity index (χ0n) is 23.6. The van der Waals surface area contributed by atoms with Crippen molar-refractivity contribution in [2.24, 2.45) is 5.10 Å². The third-order valence-corrected chi connectivity index (χ3v) is 7.61. The molecule has 1 N–H and O–H groups in total. The van der Waals surface area contributed by atoms with Crippen molar-refractivity contribution in [3.8, 4) is 17.2 Å². The van der Waals surface area contributed by atoms with Gasteiger partial charge in [0, 0.05) is 30.2 Å². The van der Waals surface area contributed by atoms with Gasteiger partial charge in [0.25, 0.3) is 5.91 Å². The third-order valence-electron chi connectivity index (χ3n) is 6.74. The summed E-state index contributed by atoms with van der Waals surface area (Å²) in [5.41, 5.74) is 6.41. The molecule has 2 amide bonds. The molecule has 2 aromatic heterocycles. The molecular formula is C31H30BrClN4O6. The van der Waals surface area contributed by atoms with Crippen molar-refractivity contribution >= 4 is 45.6 Å². The van der Waals surface area contributed by atoms with E-state index in [9.17, 15) is 9.59 Å². The van der Waals surface area contributed by atoms with Crippen molar-refractivity contribution in [3.63, 3.8) is 0 Å². The van der Waals surface area contributed by atoms with Crippen LogP contribution in [0.4, 0.5) is 0 Å². The number of halogens is 2. The average Bonchev–Trinajstić information content (AvgIpc) is 3.62. The van der Waals surface area contributed by atoms with E-state index >= 15 is 0 Å². The lowest BCUT2D eigenvalue weighted by molar-refractivity contribution is -0.137. The number of aryl methyl sites for hydroxylation is 2. The van der Waals surface area contributed by atoms with Gasteiger partial charge in [-0.25, -0.2) is 5.43 Å². The third kappa shape index (κ3) is 7.67. The Morgan fingerprint density at radius 3 is 2.44 bits per heavy atom. The highest BCUT2D eigenvalue weighted by Gasteiger charge is 2.19. The molecule has 10 nitrogen and oxygen atoms in total. The molecule has 1 fully saturated rings. The second kappa shape index (κ2) is 13.9. The van der Waals surface area contributed by atoms with Crippen LogP contribution in [0.1, 0.15) is 33.3 Å². The Hall–Kier alpha value is -4.06. The van der Waals surface area contributed by atoms with Gasteiger partial charge in [-0.15, -0.1) is 0 Å². The number of benzene rings is 2. The number of carbonyl (C=O) groups excluding carboxylic acids is 2. The number of ether oxygens (including phenoxy) is 3. The number of amides is 2. The minimum atomic E-state index is -0.518. The Morgan fingerprint density at radius 2 is 1.74 bits per heavy atom. The molecule has 0 saturated carbocycles. The number of furan rings is 1. The van der Waals surface area contributed by atoms with Gasteiger partial charge in [0.05, 0.1) is 28.9 Å². The highest BCUT2D eigenvalue weighted by Crippen LogP contribution is 2.34. The number of nitrogens with zero attached hydrogens (tertiary/aromatic N) is 3. The summed E-state index contributed by atoms with van der Waals surface area (Å²) >= 11 is 9.81. The molecule has 5 rings (SSSR count). The maximum absolute atomic E-state index is 12.5. The molecule has 224 valence electrons. The summed E-state index contributed by atoms with van der Waals surface area (Å²) in [5.74, 6) is 0.960. The summed E-state index contributed by atoms with van der Waals surface area (Å²) in [7, 11) is 0. The van der Waals surface area contributed by atoms with Crippen molar-refractivity contribution in [1.82, 2.24) is 14.9 Å². The number of carbonyl (C=O) groups is 2. The average molecular weight is 670 g/mol. The number of morpholine rings is 1. The van der Waals surface area contributed by atoms with E-state index in [2.05, 4.69) is 57.0 Å². The molecule has 3 heterocycles. The first-order chi connectivity index (χ1) is 20.8. The van der Waals surface area contributed by atoms with Crippen LogP contribution in [0.15, 0.2) is 74.7 Å². The van der Waals surface area contributed by atoms with Crippen molar-refractivity contribution in [2.45, 2.75) is 20.5 Å². The van der Waals surface area contributed by atoms with Gasteiger partial charge in [-0.2, -0.15) is 5.10 Å². The number of hydrogen-bond acceptors (Lipinski definition) is 7. The van der Waals surface area contributed by atoms with Crippen LogP contribution in [-0.2, 0) is 16.1 Å². The predicted octanol–water partition coefficient (Wildman–Crippen LogP) is 5.68. The molecule has 1 aliphatic heterocycles. The number of aromatic nitrogens is 1. The van der Waals surface area contributed by atoms with Gasteiger partial charge in [0.2, 0.25) is 0 Å². The van der Waals surface area contributed by atoms with E-state index in [1.807, 2.05) is 24.3 Å². The standard InChI is InChI=1S/C31H30BrClN4O6/c1-20-3-4-21(2)37(20)23-5-7-24(8-6-23)41-18-25-9-10-28(43-25)31(39)35-34-17-22-15-26(32)30(27(33)16-22)42-19-29(38)36-11-13-40-14-12-36/h3-10,15-17H,11-14,18-19H2,1-2H3,(H,35,39)/b34-17+. The van der Waals surface area contributed by atoms with Crippen molar-refractivity contribution in [1.29, 1.82) is 0 Å². The quantitative estimate of drug-likeness (QED) is 0.172. The minimum Gasteiger partial charge on any atom is -0.486 e. The van der Waals surface area contributed by atoms with Crippen LogP contribution in [0, 0.1) is 13.8 Å². The Kier molecular flexibility index (Phi) is 9.86. The first kappa shape index (κ1) is 30.4. The zero-order valence-corrected chi connectivity index (χ0v) is 26.0. The molecule has 0 spiro atoms. The fourth-order valence-electron chi connectivity index (χ4n) is 4.55. The summed E-state index contributed by atoms with van der Waals surface area (Å²) in [4.78, 5) is 26.6. The van der Waals surface area contributed by atoms with Crippen LogP contribution in [-0.4, -0.2) is 60.4 Å². The van der Waals surface area contributed by atoms with Crippen LogP contribution in [0.25, 0.3) is 5.69 Å². The summed E-state index contributed by atoms with van der Waals surface area (Å²) < 4.78 is 25.1. The van der Waals surface area contributed by atoms with Crippen LogP contribution >= 0.6 is 27.5 Å². The molecule has 0 unspecified atom stereocenters. The molecule has 0 aliphatic carbocycles. The van der Waals surface area contributed by atoms with E-state index in [0.29, 0.717) is 53.6 Å². The number of rotatable bonds is 10. The predicted molar refractivity (Wildman–Crippen MR) is 165 cm³/mol. The number of hydrazone groups is 1. The first-order valence-corrected chi connectivity index (χ1v) is 14.7. The molecule has 43 heavy (non-hydrogen) atoms. The fourth-order valence-corrected chi connectivity index (χ4v) is 5.54. The van der Waals surface area contributed by atoms with Crippen molar-refractivity contribution in [3.05, 3.63) is 98.6 Å². The zero-order chi connectivity index (χ0) is 30.3. The lowest BCUT2D eigenvalue weighted by atomic mass is 10.2. The second-order valence-corrected chi connectivity index (χ2v) is 11.1. The minimum absolute atomic E-state index is 0.0950. The topological polar surface area (TPSA) is 108 Å². The lowest BCUT2D eigenvalue weighted by Gasteiger charge is -2.26. The molecule has 2 aromatic carbocycles. The Balaban J connectivity index is 1.10. The number of nitrogens with one attached hydrogen (secondary N) is 1. The monoisotopic (exact) mass is 668 g/mol. The largest absolute Gasteiger partial charge is 0.486 e. The second-order valence-electron chi connectivity index (χ2n) is 9.79. The normalized spacial score (nSPS) is 13.3. The van der Waals surface area contributed by atoms with E-state index in [4.69, 9.17) is 30.2 Å². The van der Waals surface area contributed by atoms with Crippen molar-refractivity contribution in [2.75, 3.05) is 32.9 Å². The van der Waals surface area contributed by atoms with Gasteiger partial charge >= 0.3 is 5.91 Å². The Morgan fingerprint density at radius 1 is 1.02 bits per heavy atom.